The summed E-state index contributed by atoms with van der Waals surface area (Å²) in [5.74, 6) is 1.27. The van der Waals surface area contributed by atoms with Gasteiger partial charge in [-0.05, 0) is 72.6 Å². The van der Waals surface area contributed by atoms with Gasteiger partial charge in [-0.2, -0.15) is 5.10 Å². The van der Waals surface area contributed by atoms with Crippen molar-refractivity contribution in [2.45, 2.75) is 19.8 Å². The molecule has 0 aliphatic rings. The number of methoxy groups -OCH3 is 3. The molecule has 9 heteroatoms. The number of carbonyl (C=O) groups is 2. The summed E-state index contributed by atoms with van der Waals surface area (Å²) < 4.78 is 26.8. The van der Waals surface area contributed by atoms with Gasteiger partial charge < -0.3 is 23.7 Å². The lowest BCUT2D eigenvalue weighted by Gasteiger charge is -2.13. The van der Waals surface area contributed by atoms with E-state index in [2.05, 4.69) is 17.5 Å². The molecular weight excluding hydrogens is 476 g/mol. The average molecular weight is 507 g/mol. The van der Waals surface area contributed by atoms with Crippen LogP contribution in [0.4, 0.5) is 0 Å². The van der Waals surface area contributed by atoms with Crippen molar-refractivity contribution in [1.29, 1.82) is 0 Å². The molecule has 194 valence electrons. The zero-order valence-electron chi connectivity index (χ0n) is 21.3. The molecule has 0 spiro atoms. The van der Waals surface area contributed by atoms with E-state index in [9.17, 15) is 9.59 Å². The number of hydrazone groups is 1. The van der Waals surface area contributed by atoms with Crippen LogP contribution < -0.4 is 29.1 Å². The predicted octanol–water partition coefficient (Wildman–Crippen LogP) is 4.87. The number of hydrogen-bond donors (Lipinski definition) is 1. The molecule has 3 aromatic rings. The van der Waals surface area contributed by atoms with E-state index in [1.807, 2.05) is 0 Å². The second-order valence-corrected chi connectivity index (χ2v) is 7.80. The molecule has 0 aliphatic carbocycles. The van der Waals surface area contributed by atoms with Crippen molar-refractivity contribution in [1.82, 2.24) is 5.43 Å². The van der Waals surface area contributed by atoms with Gasteiger partial charge in [0.25, 0.3) is 5.91 Å². The highest BCUT2D eigenvalue weighted by Gasteiger charge is 2.16. The van der Waals surface area contributed by atoms with Gasteiger partial charge in [-0.1, -0.05) is 13.3 Å². The zero-order valence-corrected chi connectivity index (χ0v) is 21.3. The number of unbranched alkanes of at least 4 members (excludes halogenated alkanes) is 1. The number of nitrogens with zero attached hydrogens (tertiary/aromatic N) is 1. The predicted molar refractivity (Wildman–Crippen MR) is 139 cm³/mol. The number of esters is 1. The summed E-state index contributed by atoms with van der Waals surface area (Å²) >= 11 is 0. The number of nitrogens with one attached hydrogen (secondary N) is 1. The van der Waals surface area contributed by atoms with Gasteiger partial charge >= 0.3 is 5.97 Å². The fourth-order valence-electron chi connectivity index (χ4n) is 3.25. The molecular formula is C28H30N2O7. The van der Waals surface area contributed by atoms with E-state index in [0.717, 1.165) is 12.8 Å². The van der Waals surface area contributed by atoms with E-state index >= 15 is 0 Å². The molecule has 0 unspecified atom stereocenters. The van der Waals surface area contributed by atoms with E-state index in [-0.39, 0.29) is 5.56 Å². The average Bonchev–Trinajstić information content (AvgIpc) is 2.93. The van der Waals surface area contributed by atoms with Crippen LogP contribution in [0.5, 0.6) is 28.7 Å². The normalized spacial score (nSPS) is 10.6. The Morgan fingerprint density at radius 1 is 0.838 bits per heavy atom. The minimum absolute atomic E-state index is 0.287. The number of ether oxygens (including phenoxy) is 5. The SMILES string of the molecule is CCCCOc1ccc(C(=O)Oc2ccc(/C=N\NC(=O)c3cc(OC)c(OC)c(OC)c3)cc2)cc1. The van der Waals surface area contributed by atoms with Crippen LogP contribution in [-0.2, 0) is 0 Å². The van der Waals surface area contributed by atoms with Crippen LogP contribution in [0.1, 0.15) is 46.0 Å². The molecule has 3 aromatic carbocycles. The van der Waals surface area contributed by atoms with Crippen molar-refractivity contribution in [2.75, 3.05) is 27.9 Å². The maximum Gasteiger partial charge on any atom is 0.343 e. The number of amides is 1. The molecule has 0 bridgehead atoms. The molecule has 9 nitrogen and oxygen atoms in total. The van der Waals surface area contributed by atoms with Crippen LogP contribution in [0.15, 0.2) is 65.8 Å². The van der Waals surface area contributed by atoms with Gasteiger partial charge in [0.2, 0.25) is 5.75 Å². The highest BCUT2D eigenvalue weighted by molar-refractivity contribution is 5.96. The molecule has 0 aliphatic heterocycles. The monoisotopic (exact) mass is 506 g/mol. The van der Waals surface area contributed by atoms with Gasteiger partial charge in [0.1, 0.15) is 11.5 Å². The molecule has 0 saturated heterocycles. The fraction of sp³-hybridized carbons (Fsp3) is 0.250. The second kappa shape index (κ2) is 13.5. The summed E-state index contributed by atoms with van der Waals surface area (Å²) in [6, 6.07) is 16.6. The van der Waals surface area contributed by atoms with Gasteiger partial charge in [-0.3, -0.25) is 4.79 Å². The van der Waals surface area contributed by atoms with Gasteiger partial charge in [0.15, 0.2) is 11.5 Å². The molecule has 0 aromatic heterocycles. The summed E-state index contributed by atoms with van der Waals surface area (Å²) in [4.78, 5) is 24.9. The third kappa shape index (κ3) is 7.47. The number of rotatable bonds is 12. The van der Waals surface area contributed by atoms with Crippen LogP contribution in [0.2, 0.25) is 0 Å². The minimum Gasteiger partial charge on any atom is -0.494 e. The van der Waals surface area contributed by atoms with Gasteiger partial charge in [-0.25, -0.2) is 10.2 Å². The summed E-state index contributed by atoms with van der Waals surface area (Å²) in [5.41, 5.74) is 3.86. The van der Waals surface area contributed by atoms with Gasteiger partial charge in [0.05, 0.1) is 39.7 Å². The summed E-state index contributed by atoms with van der Waals surface area (Å²) in [6.45, 7) is 2.74. The van der Waals surface area contributed by atoms with E-state index < -0.39 is 11.9 Å². The Morgan fingerprint density at radius 3 is 2.03 bits per heavy atom. The van der Waals surface area contributed by atoms with Crippen molar-refractivity contribution >= 4 is 18.1 Å². The maximum absolute atomic E-state index is 12.5. The molecule has 0 saturated carbocycles. The Labute approximate surface area is 216 Å². The van der Waals surface area contributed by atoms with Crippen LogP contribution in [0.3, 0.4) is 0 Å². The minimum atomic E-state index is -0.473. The van der Waals surface area contributed by atoms with E-state index in [1.54, 1.807) is 48.5 Å². The molecule has 0 heterocycles. The van der Waals surface area contributed by atoms with Gasteiger partial charge in [-0.15, -0.1) is 0 Å². The number of hydrogen-bond acceptors (Lipinski definition) is 8. The Hall–Kier alpha value is -4.53. The van der Waals surface area contributed by atoms with E-state index in [1.165, 1.54) is 39.7 Å². The number of benzene rings is 3. The first-order chi connectivity index (χ1) is 18.0. The first-order valence-electron chi connectivity index (χ1n) is 11.7. The first-order valence-corrected chi connectivity index (χ1v) is 11.7. The standard InChI is InChI=1S/C28H30N2O7/c1-5-6-15-36-22-13-9-20(10-14-22)28(32)37-23-11-7-19(8-12-23)18-29-30-27(31)21-16-24(33-2)26(35-4)25(17-21)34-3/h7-14,16-18H,5-6,15H2,1-4H3,(H,30,31)/b29-18-. The molecule has 1 N–H and O–H groups in total. The van der Waals surface area contributed by atoms with Gasteiger partial charge in [0, 0.05) is 5.56 Å². The van der Waals surface area contributed by atoms with Crippen molar-refractivity contribution in [2.24, 2.45) is 5.10 Å². The van der Waals surface area contributed by atoms with Crippen molar-refractivity contribution in [3.05, 3.63) is 77.4 Å². The van der Waals surface area contributed by atoms with Crippen LogP contribution in [0, 0.1) is 0 Å². The molecule has 3 rings (SSSR count). The lowest BCUT2D eigenvalue weighted by Crippen LogP contribution is -2.18. The topological polar surface area (TPSA) is 105 Å². The lowest BCUT2D eigenvalue weighted by molar-refractivity contribution is 0.0734. The Morgan fingerprint density at radius 2 is 1.46 bits per heavy atom. The largest absolute Gasteiger partial charge is 0.494 e. The van der Waals surface area contributed by atoms with Crippen molar-refractivity contribution in [3.8, 4) is 28.7 Å². The highest BCUT2D eigenvalue weighted by atomic mass is 16.5. The molecule has 37 heavy (non-hydrogen) atoms. The van der Waals surface area contributed by atoms with Crippen LogP contribution >= 0.6 is 0 Å². The molecule has 0 fully saturated rings. The van der Waals surface area contributed by atoms with Crippen molar-refractivity contribution < 1.29 is 33.3 Å². The molecule has 0 radical (unpaired) electrons. The Kier molecular flexibility index (Phi) is 9.90. The fourth-order valence-corrected chi connectivity index (χ4v) is 3.25. The Balaban J connectivity index is 1.56. The summed E-state index contributed by atoms with van der Waals surface area (Å²) in [7, 11) is 4.43. The summed E-state index contributed by atoms with van der Waals surface area (Å²) in [6.07, 6.45) is 3.50. The zero-order chi connectivity index (χ0) is 26.6. The quantitative estimate of drug-likeness (QED) is 0.123. The third-order valence-electron chi connectivity index (χ3n) is 5.25. The second-order valence-electron chi connectivity index (χ2n) is 7.80. The van der Waals surface area contributed by atoms with Crippen LogP contribution in [-0.4, -0.2) is 46.0 Å². The van der Waals surface area contributed by atoms with Crippen LogP contribution in [0.25, 0.3) is 0 Å². The van der Waals surface area contributed by atoms with E-state index in [4.69, 9.17) is 23.7 Å². The number of carbonyl (C=O) groups excluding carboxylic acids is 2. The summed E-state index contributed by atoms with van der Waals surface area (Å²) in [5, 5.41) is 3.99. The van der Waals surface area contributed by atoms with Crippen molar-refractivity contribution in [3.63, 3.8) is 0 Å². The lowest BCUT2D eigenvalue weighted by atomic mass is 10.1. The maximum atomic E-state index is 12.5. The molecule has 1 amide bonds. The van der Waals surface area contributed by atoms with E-state index in [0.29, 0.717) is 46.5 Å². The third-order valence-corrected chi connectivity index (χ3v) is 5.25. The highest BCUT2D eigenvalue weighted by Crippen LogP contribution is 2.38. The first kappa shape index (κ1) is 27.1. The smallest absolute Gasteiger partial charge is 0.343 e. The Bertz CT molecular complexity index is 1200. The molecule has 0 atom stereocenters.